The molecule has 0 N–H and O–H groups in total. The normalized spacial score (nSPS) is 12.3. The van der Waals surface area contributed by atoms with Gasteiger partial charge in [-0.3, -0.25) is 0 Å². The van der Waals surface area contributed by atoms with Gasteiger partial charge in [-0.1, -0.05) is 36.4 Å². The second-order valence-electron chi connectivity index (χ2n) is 10.7. The second kappa shape index (κ2) is 17.6. The van der Waals surface area contributed by atoms with Crippen LogP contribution in [0, 0.1) is 0 Å². The topological polar surface area (TPSA) is 343 Å². The fraction of sp³-hybridized carbons (Fsp3) is 0. The van der Waals surface area contributed by atoms with Crippen molar-refractivity contribution in [3.63, 3.8) is 0 Å². The fourth-order valence-corrected chi connectivity index (χ4v) is 7.58. The van der Waals surface area contributed by atoms with Gasteiger partial charge in [0.05, 0.1) is 29.4 Å². The fourth-order valence-electron chi connectivity index (χ4n) is 4.54. The van der Waals surface area contributed by atoms with Crippen molar-refractivity contribution in [1.82, 2.24) is 0 Å². The Kier molecular flexibility index (Phi) is 15.3. The van der Waals surface area contributed by atoms with E-state index in [-0.39, 0.29) is 50.3 Å². The van der Waals surface area contributed by atoms with Crippen molar-refractivity contribution in [2.24, 2.45) is 0 Å². The zero-order valence-corrected chi connectivity index (χ0v) is 34.0. The number of fused-ring (bicyclic) bond motifs is 3. The van der Waals surface area contributed by atoms with E-state index in [1.165, 1.54) is 36.4 Å². The molecule has 56 heavy (non-hydrogen) atoms. The summed E-state index contributed by atoms with van der Waals surface area (Å²) < 4.78 is 195. The Bertz CT molecular complexity index is 2610. The minimum Gasteiger partial charge on any atom is -0.744 e. The molecule has 0 aromatic heterocycles. The largest absolute Gasteiger partial charge is 3.00 e. The van der Waals surface area contributed by atoms with Crippen LogP contribution in [-0.4, -0.2) is 77.8 Å². The van der Waals surface area contributed by atoms with E-state index in [1.807, 2.05) is 0 Å². The maximum Gasteiger partial charge on any atom is 3.00 e. The molecule has 18 nitrogen and oxygen atoms in total. The summed E-state index contributed by atoms with van der Waals surface area (Å²) in [5, 5.41) is 2.16. The summed E-state index contributed by atoms with van der Waals surface area (Å²) in [6.07, 6.45) is 0. The Morgan fingerprint density at radius 1 is 0.232 bits per heavy atom. The van der Waals surface area contributed by atoms with Gasteiger partial charge in [0.25, 0.3) is 0 Å². The van der Waals surface area contributed by atoms with E-state index in [1.54, 1.807) is 0 Å². The van der Waals surface area contributed by atoms with Crippen LogP contribution >= 0.6 is 0 Å². The van der Waals surface area contributed by atoms with Crippen LogP contribution in [0.3, 0.4) is 0 Å². The molecule has 0 amide bonds. The van der Waals surface area contributed by atoms with Crippen molar-refractivity contribution in [3.05, 3.63) is 109 Å². The summed E-state index contributed by atoms with van der Waals surface area (Å²) in [7, 11) is -27.7. The smallest absolute Gasteiger partial charge is 0.744 e. The third-order valence-corrected chi connectivity index (χ3v) is 12.1. The van der Waals surface area contributed by atoms with E-state index in [0.29, 0.717) is 16.2 Å². The Morgan fingerprint density at radius 2 is 0.357 bits per heavy atom. The van der Waals surface area contributed by atoms with Crippen LogP contribution in [0.15, 0.2) is 139 Å². The number of hydrogen-bond donors (Lipinski definition) is 0. The molecule has 2 radical (unpaired) electrons. The third kappa shape index (κ3) is 12.8. The molecule has 6 aromatic rings. The van der Waals surface area contributed by atoms with Crippen molar-refractivity contribution in [2.75, 3.05) is 0 Å². The van der Waals surface area contributed by atoms with E-state index in [0.717, 1.165) is 72.8 Å². The van der Waals surface area contributed by atoms with Crippen LogP contribution < -0.4 is 0 Å². The van der Waals surface area contributed by atoms with Crippen molar-refractivity contribution < 1.29 is 112 Å². The summed E-state index contributed by atoms with van der Waals surface area (Å²) in [6.45, 7) is 0. The quantitative estimate of drug-likeness (QED) is 0.170. The average molecular weight is 971 g/mol. The van der Waals surface area contributed by atoms with Crippen LogP contribution in [0.25, 0.3) is 32.3 Å². The van der Waals surface area contributed by atoms with Gasteiger partial charge in [-0.15, -0.1) is 0 Å². The molecule has 298 valence electrons. The van der Waals surface area contributed by atoms with Gasteiger partial charge in [0.15, 0.2) is 0 Å². The summed E-state index contributed by atoms with van der Waals surface area (Å²) in [4.78, 5) is -2.86. The molecule has 0 saturated heterocycles. The van der Waals surface area contributed by atoms with Crippen LogP contribution in [0.4, 0.5) is 0 Å². The molecular weight excluding hydrogens is 952 g/mol. The van der Waals surface area contributed by atoms with Gasteiger partial charge >= 0.3 is 34.1 Å². The van der Waals surface area contributed by atoms with Crippen molar-refractivity contribution in [1.29, 1.82) is 0 Å². The Hall–Kier alpha value is -3.40. The molecule has 6 rings (SSSR count). The minimum absolute atomic E-state index is 0. The SMILES string of the molecule is O=S(=O)([O-])c1ccc2ccc(S(=O)(=O)[O-])cc2c1.O=S(=O)([O-])c1ccc2ccc(S(=O)(=O)[O-])cc2c1.O=S(=O)([O-])c1ccc2ccc(S(=O)(=O)[O-])cc2c1.[Fe+3].[Fe+3]. The molecule has 0 unspecified atom stereocenters. The molecule has 0 aliphatic heterocycles. The summed E-state index contributed by atoms with van der Waals surface area (Å²) in [5.41, 5.74) is 0. The van der Waals surface area contributed by atoms with Gasteiger partial charge in [-0.05, 0) is 105 Å². The number of rotatable bonds is 6. The molecule has 0 fully saturated rings. The first-order valence-electron chi connectivity index (χ1n) is 13.9. The molecule has 0 heterocycles. The van der Waals surface area contributed by atoms with Gasteiger partial charge in [-0.2, -0.15) is 0 Å². The van der Waals surface area contributed by atoms with E-state index in [9.17, 15) is 77.8 Å². The zero-order chi connectivity index (χ0) is 40.7. The molecule has 0 spiro atoms. The molecule has 0 aliphatic carbocycles. The van der Waals surface area contributed by atoms with E-state index < -0.39 is 90.1 Å². The molecule has 0 bridgehead atoms. The van der Waals surface area contributed by atoms with Crippen molar-refractivity contribution in [3.8, 4) is 0 Å². The van der Waals surface area contributed by atoms with Gasteiger partial charge < -0.3 is 27.3 Å². The maximum atomic E-state index is 10.8. The average Bonchev–Trinajstić information content (AvgIpc) is 3.05. The maximum absolute atomic E-state index is 10.8. The summed E-state index contributed by atoms with van der Waals surface area (Å²) in [5.74, 6) is 0. The van der Waals surface area contributed by atoms with E-state index in [4.69, 9.17) is 0 Å². The minimum atomic E-state index is -4.62. The molecule has 0 aliphatic rings. The van der Waals surface area contributed by atoms with Crippen molar-refractivity contribution in [2.45, 2.75) is 29.4 Å². The van der Waals surface area contributed by atoms with E-state index in [2.05, 4.69) is 0 Å². The number of hydrogen-bond acceptors (Lipinski definition) is 18. The molecule has 6 aromatic carbocycles. The first-order chi connectivity index (χ1) is 24.5. The van der Waals surface area contributed by atoms with Crippen LogP contribution in [0.1, 0.15) is 0 Å². The van der Waals surface area contributed by atoms with Crippen molar-refractivity contribution >= 4 is 93.0 Å². The Balaban J connectivity index is 0.000000285. The van der Waals surface area contributed by atoms with E-state index >= 15 is 0 Å². The molecule has 0 atom stereocenters. The van der Waals surface area contributed by atoms with Gasteiger partial charge in [0, 0.05) is 0 Å². The predicted molar refractivity (Wildman–Crippen MR) is 180 cm³/mol. The second-order valence-corrected chi connectivity index (χ2v) is 19.0. The van der Waals surface area contributed by atoms with Crippen LogP contribution in [-0.2, 0) is 94.8 Å². The first-order valence-corrected chi connectivity index (χ1v) is 22.4. The third-order valence-electron chi connectivity index (χ3n) is 7.08. The van der Waals surface area contributed by atoms with Gasteiger partial charge in [0.2, 0.25) is 0 Å². The van der Waals surface area contributed by atoms with Crippen LogP contribution in [0.5, 0.6) is 0 Å². The Morgan fingerprint density at radius 3 is 0.464 bits per heavy atom. The molecular formula is C30H18Fe2O18S6. The standard InChI is InChI=1S/3C10H8O6S2.2Fe/c3*11-17(12,13)9-3-1-7-2-4-10(18(14,15)16)6-8(7)5-9;;/h3*1-6H,(H,11,12,13)(H,14,15,16);;/q;;;2*+3/p-6. The summed E-state index contributed by atoms with van der Waals surface area (Å²) >= 11 is 0. The first kappa shape index (κ1) is 48.7. The van der Waals surface area contributed by atoms with Gasteiger partial charge in [-0.25, -0.2) is 50.5 Å². The number of benzene rings is 6. The monoisotopic (exact) mass is 970 g/mol. The summed E-state index contributed by atoms with van der Waals surface area (Å²) in [6, 6.07) is 21.1. The van der Waals surface area contributed by atoms with Gasteiger partial charge in [0.1, 0.15) is 60.7 Å². The zero-order valence-electron chi connectivity index (χ0n) is 26.9. The van der Waals surface area contributed by atoms with Crippen LogP contribution in [0.2, 0.25) is 0 Å². The Labute approximate surface area is 341 Å². The predicted octanol–water partition coefficient (Wildman–Crippen LogP) is 1.94. The molecule has 0 saturated carbocycles. The molecule has 26 heteroatoms.